The van der Waals surface area contributed by atoms with E-state index >= 15 is 0 Å². The van der Waals surface area contributed by atoms with Gasteiger partial charge in [-0.05, 0) is 63.6 Å². The largest absolute Gasteiger partial charge is 0.484 e. The molecule has 0 unspecified atom stereocenters. The number of thiophene rings is 1. The van der Waals surface area contributed by atoms with Crippen LogP contribution in [0.25, 0.3) is 27.2 Å². The zero-order chi connectivity index (χ0) is 34.8. The van der Waals surface area contributed by atoms with Crippen LogP contribution in [0.15, 0.2) is 73.2 Å². The lowest BCUT2D eigenvalue weighted by Gasteiger charge is -2.24. The number of nitrogens with one attached hydrogen (secondary N) is 1. The zero-order valence-corrected chi connectivity index (χ0v) is 27.8. The van der Waals surface area contributed by atoms with Gasteiger partial charge in [-0.1, -0.05) is 24.3 Å². The van der Waals surface area contributed by atoms with E-state index in [-0.39, 0.29) is 16.2 Å². The number of nitrogens with two attached hydrogens (primary N) is 1. The summed E-state index contributed by atoms with van der Waals surface area (Å²) in [5.74, 6) is -0.0228. The highest BCUT2D eigenvalue weighted by molar-refractivity contribution is 7.16. The van der Waals surface area contributed by atoms with Crippen molar-refractivity contribution in [3.63, 3.8) is 0 Å². The molecule has 2 amide bonds. The van der Waals surface area contributed by atoms with E-state index in [1.165, 1.54) is 30.0 Å². The number of carbonyl (C=O) groups excluding carboxylic acids is 2. The summed E-state index contributed by atoms with van der Waals surface area (Å²) in [5, 5.41) is 3.75. The van der Waals surface area contributed by atoms with Gasteiger partial charge in [0.2, 0.25) is 0 Å². The van der Waals surface area contributed by atoms with Gasteiger partial charge in [-0.25, -0.2) is 14.8 Å². The van der Waals surface area contributed by atoms with E-state index in [0.717, 1.165) is 34.0 Å². The van der Waals surface area contributed by atoms with Crippen molar-refractivity contribution in [1.82, 2.24) is 19.4 Å². The molecule has 0 spiro atoms. The molecule has 0 fully saturated rings. The molecule has 0 aliphatic carbocycles. The van der Waals surface area contributed by atoms with Gasteiger partial charge in [0.15, 0.2) is 0 Å². The van der Waals surface area contributed by atoms with Crippen molar-refractivity contribution in [3.05, 3.63) is 89.2 Å². The molecule has 3 heterocycles. The van der Waals surface area contributed by atoms with Crippen LogP contribution in [0.3, 0.4) is 0 Å². The van der Waals surface area contributed by atoms with Crippen LogP contribution < -0.4 is 15.8 Å². The molecule has 0 bridgehead atoms. The number of hydrogen-bond acceptors (Lipinski definition) is 8. The number of amides is 2. The molecule has 5 rings (SSSR count). The van der Waals surface area contributed by atoms with Crippen molar-refractivity contribution in [3.8, 4) is 21.9 Å². The van der Waals surface area contributed by atoms with Gasteiger partial charge in [0, 0.05) is 43.5 Å². The number of anilines is 1. The number of halogens is 3. The summed E-state index contributed by atoms with van der Waals surface area (Å²) in [6.45, 7) is 7.86. The molecule has 10 nitrogen and oxygen atoms in total. The Labute approximate surface area is 279 Å². The van der Waals surface area contributed by atoms with E-state index < -0.39 is 35.4 Å². The topological polar surface area (TPSA) is 125 Å². The summed E-state index contributed by atoms with van der Waals surface area (Å²) >= 11 is 1.06. The fourth-order valence-corrected chi connectivity index (χ4v) is 5.85. The standard InChI is InChI=1S/C34H35F3N6O4S/c1-20(23-8-6-7-9-24(23)34(35,36)37)46-27-17-29(48-30(27)31(38)44)43-19-41-25-16-21(10-12-26(25)43)22-11-13-28(40-18-22)39-14-15-42(5)32(45)47-33(2,3)4/h6-13,16-20H,14-15H2,1-5H3,(H2,38,44)(H,39,40)/t20-/m1/s1. The molecule has 0 saturated carbocycles. The Morgan fingerprint density at radius 1 is 1.04 bits per heavy atom. The number of pyridine rings is 1. The normalized spacial score (nSPS) is 12.5. The molecule has 1 atom stereocenters. The second kappa shape index (κ2) is 13.6. The maximum absolute atomic E-state index is 13.6. The third-order valence-electron chi connectivity index (χ3n) is 7.26. The Kier molecular flexibility index (Phi) is 9.66. The molecule has 0 aliphatic heterocycles. The second-order valence-corrected chi connectivity index (χ2v) is 13.1. The van der Waals surface area contributed by atoms with E-state index in [1.54, 1.807) is 30.2 Å². The van der Waals surface area contributed by atoms with Gasteiger partial charge in [-0.3, -0.25) is 9.36 Å². The van der Waals surface area contributed by atoms with Crippen LogP contribution in [0.4, 0.5) is 23.8 Å². The maximum Gasteiger partial charge on any atom is 0.416 e. The number of rotatable bonds is 10. The molecule has 14 heteroatoms. The smallest absolute Gasteiger partial charge is 0.416 e. The SMILES string of the molecule is C[C@@H](Oc1cc(-n2cnc3cc(-c4ccc(NCCN(C)C(=O)OC(C)(C)C)nc4)ccc32)sc1C(N)=O)c1ccccc1C(F)(F)F. The van der Waals surface area contributed by atoms with E-state index in [0.29, 0.717) is 29.4 Å². The number of benzene rings is 2. The zero-order valence-electron chi connectivity index (χ0n) is 27.0. The molecular weight excluding hydrogens is 645 g/mol. The van der Waals surface area contributed by atoms with Gasteiger partial charge < -0.3 is 25.4 Å². The monoisotopic (exact) mass is 680 g/mol. The molecule has 5 aromatic rings. The first-order valence-corrected chi connectivity index (χ1v) is 15.8. The molecule has 48 heavy (non-hydrogen) atoms. The van der Waals surface area contributed by atoms with Gasteiger partial charge in [-0.2, -0.15) is 13.2 Å². The van der Waals surface area contributed by atoms with Gasteiger partial charge in [0.25, 0.3) is 5.91 Å². The lowest BCUT2D eigenvalue weighted by Crippen LogP contribution is -2.36. The highest BCUT2D eigenvalue weighted by atomic mass is 32.1. The lowest BCUT2D eigenvalue weighted by molar-refractivity contribution is -0.139. The van der Waals surface area contributed by atoms with Gasteiger partial charge in [0.05, 0.1) is 16.6 Å². The van der Waals surface area contributed by atoms with E-state index in [4.69, 9.17) is 15.2 Å². The van der Waals surface area contributed by atoms with E-state index in [2.05, 4.69) is 15.3 Å². The van der Waals surface area contributed by atoms with Crippen molar-refractivity contribution < 1.29 is 32.2 Å². The Morgan fingerprint density at radius 3 is 2.44 bits per heavy atom. The molecule has 2 aromatic carbocycles. The van der Waals surface area contributed by atoms with Crippen molar-refractivity contribution >= 4 is 40.2 Å². The first kappa shape index (κ1) is 34.2. The minimum Gasteiger partial charge on any atom is -0.484 e. The third-order valence-corrected chi connectivity index (χ3v) is 8.39. The summed E-state index contributed by atoms with van der Waals surface area (Å²) in [4.78, 5) is 35.1. The minimum atomic E-state index is -4.56. The van der Waals surface area contributed by atoms with E-state index in [1.807, 2.05) is 51.1 Å². The average Bonchev–Trinajstić information content (AvgIpc) is 3.64. The third kappa shape index (κ3) is 7.88. The lowest BCUT2D eigenvalue weighted by atomic mass is 10.0. The molecule has 0 saturated heterocycles. The first-order chi connectivity index (χ1) is 22.6. The first-order valence-electron chi connectivity index (χ1n) is 15.0. The van der Waals surface area contributed by atoms with Crippen LogP contribution >= 0.6 is 11.3 Å². The van der Waals surface area contributed by atoms with Crippen LogP contribution in [0.1, 0.15) is 54.6 Å². The fraction of sp³-hybridized carbons (Fsp3) is 0.294. The average molecular weight is 681 g/mol. The summed E-state index contributed by atoms with van der Waals surface area (Å²) < 4.78 is 53.9. The number of aromatic nitrogens is 3. The molecule has 0 radical (unpaired) electrons. The van der Waals surface area contributed by atoms with Crippen LogP contribution in [0, 0.1) is 0 Å². The number of ether oxygens (including phenoxy) is 2. The molecule has 3 N–H and O–H groups in total. The molecular formula is C34H35F3N6O4S. The van der Waals surface area contributed by atoms with Crippen LogP contribution in [0.2, 0.25) is 0 Å². The number of likely N-dealkylation sites (N-methyl/N-ethyl adjacent to an activating group) is 1. The van der Waals surface area contributed by atoms with E-state index in [9.17, 15) is 22.8 Å². The highest BCUT2D eigenvalue weighted by Crippen LogP contribution is 2.39. The van der Waals surface area contributed by atoms with Crippen molar-refractivity contribution in [2.24, 2.45) is 5.73 Å². The quantitative estimate of drug-likeness (QED) is 0.155. The summed E-state index contributed by atoms with van der Waals surface area (Å²) in [5.41, 5.74) is 7.34. The Balaban J connectivity index is 1.30. The Morgan fingerprint density at radius 2 is 1.77 bits per heavy atom. The van der Waals surface area contributed by atoms with Crippen molar-refractivity contribution in [1.29, 1.82) is 0 Å². The summed E-state index contributed by atoms with van der Waals surface area (Å²) in [6, 6.07) is 16.2. The van der Waals surface area contributed by atoms with Gasteiger partial charge >= 0.3 is 12.3 Å². The number of primary amides is 1. The number of fused-ring (bicyclic) bond motifs is 1. The van der Waals surface area contributed by atoms with Gasteiger partial charge in [-0.15, -0.1) is 11.3 Å². The number of alkyl halides is 3. The molecule has 0 aliphatic rings. The minimum absolute atomic E-state index is 0.0575. The number of imidazole rings is 1. The van der Waals surface area contributed by atoms with Crippen LogP contribution in [-0.2, 0) is 10.9 Å². The van der Waals surface area contributed by atoms with Crippen LogP contribution in [-0.4, -0.2) is 57.2 Å². The fourth-order valence-electron chi connectivity index (χ4n) is 4.92. The summed E-state index contributed by atoms with van der Waals surface area (Å²) in [6.07, 6.45) is -2.65. The molecule has 252 valence electrons. The summed E-state index contributed by atoms with van der Waals surface area (Å²) in [7, 11) is 1.67. The van der Waals surface area contributed by atoms with Crippen LogP contribution in [0.5, 0.6) is 5.75 Å². The van der Waals surface area contributed by atoms with Crippen molar-refractivity contribution in [2.75, 3.05) is 25.5 Å². The predicted octanol–water partition coefficient (Wildman–Crippen LogP) is 7.69. The maximum atomic E-state index is 13.6. The number of carbonyl (C=O) groups is 2. The predicted molar refractivity (Wildman–Crippen MR) is 179 cm³/mol. The number of nitrogens with zero attached hydrogens (tertiary/aromatic N) is 4. The Hall–Kier alpha value is -5.11. The molecule has 3 aromatic heterocycles. The van der Waals surface area contributed by atoms with Gasteiger partial charge in [0.1, 0.15) is 39.5 Å². The Bertz CT molecular complexity index is 1930. The second-order valence-electron chi connectivity index (χ2n) is 12.1. The highest BCUT2D eigenvalue weighted by Gasteiger charge is 2.35. The number of hydrogen-bond donors (Lipinski definition) is 2. The van der Waals surface area contributed by atoms with Crippen molar-refractivity contribution in [2.45, 2.75) is 45.6 Å².